The zero-order valence-electron chi connectivity index (χ0n) is 10.7. The van der Waals surface area contributed by atoms with E-state index < -0.39 is 10.0 Å². The molecule has 1 fully saturated rings. The third kappa shape index (κ3) is 2.43. The van der Waals surface area contributed by atoms with Crippen LogP contribution in [0.15, 0.2) is 5.03 Å². The number of nitrogens with zero attached hydrogens (tertiary/aromatic N) is 1. The fourth-order valence-electron chi connectivity index (χ4n) is 2.23. The van der Waals surface area contributed by atoms with Crippen LogP contribution in [0.1, 0.15) is 37.4 Å². The minimum atomic E-state index is -3.58. The summed E-state index contributed by atoms with van der Waals surface area (Å²) in [5.41, 5.74) is 6.83. The fourth-order valence-corrected chi connectivity index (χ4v) is 3.75. The number of hydrogen-bond acceptors (Lipinski definition) is 4. The van der Waals surface area contributed by atoms with E-state index in [4.69, 9.17) is 5.73 Å². The molecule has 4 N–H and O–H groups in total. The molecule has 0 amide bonds. The SMILES string of the molecule is Cc1[nH]nc(S(=O)(=O)NC(C)C2CCC2)c1CN. The van der Waals surface area contributed by atoms with Gasteiger partial charge in [0.1, 0.15) is 0 Å². The van der Waals surface area contributed by atoms with Crippen molar-refractivity contribution in [1.29, 1.82) is 0 Å². The summed E-state index contributed by atoms with van der Waals surface area (Å²) in [5.74, 6) is 0.446. The second-order valence-corrected chi connectivity index (χ2v) is 6.57. The van der Waals surface area contributed by atoms with Gasteiger partial charge in [-0.15, -0.1) is 0 Å². The topological polar surface area (TPSA) is 101 Å². The molecule has 0 aromatic carbocycles. The molecular weight excluding hydrogens is 252 g/mol. The third-order valence-corrected chi connectivity index (χ3v) is 5.22. The van der Waals surface area contributed by atoms with Crippen LogP contribution in [0.25, 0.3) is 0 Å². The largest absolute Gasteiger partial charge is 0.326 e. The van der Waals surface area contributed by atoms with Gasteiger partial charge in [0, 0.05) is 23.8 Å². The molecule has 7 heteroatoms. The van der Waals surface area contributed by atoms with Crippen molar-refractivity contribution in [3.05, 3.63) is 11.3 Å². The molecule has 6 nitrogen and oxygen atoms in total. The molecule has 1 heterocycles. The number of rotatable bonds is 5. The van der Waals surface area contributed by atoms with Gasteiger partial charge >= 0.3 is 0 Å². The van der Waals surface area contributed by atoms with Gasteiger partial charge in [-0.05, 0) is 32.6 Å². The molecule has 1 saturated carbocycles. The molecule has 2 rings (SSSR count). The standard InChI is InChI=1S/C11H20N4O2S/c1-7(9-4-3-5-9)15-18(16,17)11-10(6-12)8(2)13-14-11/h7,9,15H,3-6,12H2,1-2H3,(H,13,14). The number of aromatic nitrogens is 2. The highest BCUT2D eigenvalue weighted by molar-refractivity contribution is 7.89. The van der Waals surface area contributed by atoms with Crippen LogP contribution >= 0.6 is 0 Å². The van der Waals surface area contributed by atoms with Gasteiger partial charge in [-0.3, -0.25) is 5.10 Å². The van der Waals surface area contributed by atoms with Crippen LogP contribution < -0.4 is 10.5 Å². The Labute approximate surface area is 107 Å². The first-order valence-corrected chi connectivity index (χ1v) is 7.70. The Morgan fingerprint density at radius 2 is 2.22 bits per heavy atom. The van der Waals surface area contributed by atoms with Crippen molar-refractivity contribution in [1.82, 2.24) is 14.9 Å². The summed E-state index contributed by atoms with van der Waals surface area (Å²) < 4.78 is 27.2. The first kappa shape index (κ1) is 13.5. The average molecular weight is 272 g/mol. The Hall–Kier alpha value is -0.920. The maximum Gasteiger partial charge on any atom is 0.260 e. The minimum absolute atomic E-state index is 0.0358. The molecule has 0 aliphatic heterocycles. The maximum absolute atomic E-state index is 12.2. The van der Waals surface area contributed by atoms with Crippen LogP contribution in [0, 0.1) is 12.8 Å². The lowest BCUT2D eigenvalue weighted by molar-refractivity contribution is 0.260. The van der Waals surface area contributed by atoms with Gasteiger partial charge in [-0.2, -0.15) is 5.10 Å². The minimum Gasteiger partial charge on any atom is -0.326 e. The summed E-state index contributed by atoms with van der Waals surface area (Å²) >= 11 is 0. The first-order chi connectivity index (χ1) is 8.45. The van der Waals surface area contributed by atoms with E-state index in [0.29, 0.717) is 17.2 Å². The Morgan fingerprint density at radius 1 is 1.56 bits per heavy atom. The smallest absolute Gasteiger partial charge is 0.260 e. The molecule has 0 saturated heterocycles. The monoisotopic (exact) mass is 272 g/mol. The number of hydrogen-bond donors (Lipinski definition) is 3. The Bertz CT molecular complexity index is 519. The van der Waals surface area contributed by atoms with Crippen molar-refractivity contribution >= 4 is 10.0 Å². The van der Waals surface area contributed by atoms with E-state index in [-0.39, 0.29) is 17.6 Å². The summed E-state index contributed by atoms with van der Waals surface area (Å²) in [6.07, 6.45) is 3.37. The van der Waals surface area contributed by atoms with Crippen molar-refractivity contribution in [2.45, 2.75) is 50.7 Å². The molecule has 1 atom stereocenters. The predicted octanol–water partition coefficient (Wildman–Crippen LogP) is 0.644. The van der Waals surface area contributed by atoms with Crippen molar-refractivity contribution in [3.8, 4) is 0 Å². The van der Waals surface area contributed by atoms with Crippen LogP contribution in [0.5, 0.6) is 0 Å². The van der Waals surface area contributed by atoms with Gasteiger partial charge in [0.2, 0.25) is 0 Å². The number of nitrogens with one attached hydrogen (secondary N) is 2. The number of H-pyrrole nitrogens is 1. The van der Waals surface area contributed by atoms with E-state index >= 15 is 0 Å². The zero-order valence-corrected chi connectivity index (χ0v) is 11.5. The van der Waals surface area contributed by atoms with Crippen LogP contribution in [0.4, 0.5) is 0 Å². The third-order valence-electron chi connectivity index (χ3n) is 3.69. The lowest BCUT2D eigenvalue weighted by Gasteiger charge is -2.31. The quantitative estimate of drug-likeness (QED) is 0.732. The number of aryl methyl sites for hydroxylation is 1. The van der Waals surface area contributed by atoms with Crippen molar-refractivity contribution < 1.29 is 8.42 Å². The Morgan fingerprint density at radius 3 is 2.72 bits per heavy atom. The van der Waals surface area contributed by atoms with E-state index in [9.17, 15) is 8.42 Å². The molecule has 1 aliphatic carbocycles. The zero-order chi connectivity index (χ0) is 13.3. The molecule has 0 bridgehead atoms. The second-order valence-electron chi connectivity index (χ2n) is 4.94. The molecule has 0 spiro atoms. The van der Waals surface area contributed by atoms with Gasteiger partial charge in [0.05, 0.1) is 0 Å². The van der Waals surface area contributed by atoms with Gasteiger partial charge in [0.25, 0.3) is 10.0 Å². The van der Waals surface area contributed by atoms with Crippen molar-refractivity contribution in [2.24, 2.45) is 11.7 Å². The summed E-state index contributed by atoms with van der Waals surface area (Å²) in [6.45, 7) is 3.84. The molecule has 102 valence electrons. The fraction of sp³-hybridized carbons (Fsp3) is 0.727. The molecule has 1 unspecified atom stereocenters. The molecular formula is C11H20N4O2S. The predicted molar refractivity (Wildman–Crippen MR) is 68.3 cm³/mol. The summed E-state index contributed by atoms with van der Waals surface area (Å²) in [5, 5.41) is 6.57. The molecule has 18 heavy (non-hydrogen) atoms. The second kappa shape index (κ2) is 4.99. The highest BCUT2D eigenvalue weighted by atomic mass is 32.2. The van der Waals surface area contributed by atoms with E-state index in [0.717, 1.165) is 12.8 Å². The molecule has 1 aromatic heterocycles. The van der Waals surface area contributed by atoms with E-state index in [1.54, 1.807) is 6.92 Å². The van der Waals surface area contributed by atoms with Crippen LogP contribution in [-0.4, -0.2) is 24.7 Å². The highest BCUT2D eigenvalue weighted by Crippen LogP contribution is 2.30. The van der Waals surface area contributed by atoms with E-state index in [2.05, 4.69) is 14.9 Å². The average Bonchev–Trinajstić information content (AvgIpc) is 2.56. The van der Waals surface area contributed by atoms with Crippen LogP contribution in [0.2, 0.25) is 0 Å². The molecule has 1 aliphatic rings. The van der Waals surface area contributed by atoms with Crippen LogP contribution in [-0.2, 0) is 16.6 Å². The normalized spacial score (nSPS) is 18.6. The summed E-state index contributed by atoms with van der Waals surface area (Å²) in [6, 6.07) is -0.0496. The Kier molecular flexibility index (Phi) is 3.74. The lowest BCUT2D eigenvalue weighted by Crippen LogP contribution is -2.41. The first-order valence-electron chi connectivity index (χ1n) is 6.22. The number of aromatic amines is 1. The van der Waals surface area contributed by atoms with E-state index in [1.165, 1.54) is 6.42 Å². The van der Waals surface area contributed by atoms with Gasteiger partial charge in [0.15, 0.2) is 5.03 Å². The number of nitrogens with two attached hydrogens (primary N) is 1. The number of sulfonamides is 1. The van der Waals surface area contributed by atoms with Crippen molar-refractivity contribution in [3.63, 3.8) is 0 Å². The summed E-state index contributed by atoms with van der Waals surface area (Å²) in [4.78, 5) is 0. The summed E-state index contributed by atoms with van der Waals surface area (Å²) in [7, 11) is -3.58. The highest BCUT2D eigenvalue weighted by Gasteiger charge is 2.30. The molecule has 0 radical (unpaired) electrons. The maximum atomic E-state index is 12.2. The van der Waals surface area contributed by atoms with E-state index in [1.807, 2.05) is 6.92 Å². The van der Waals surface area contributed by atoms with Gasteiger partial charge in [-0.25, -0.2) is 13.1 Å². The van der Waals surface area contributed by atoms with Crippen LogP contribution in [0.3, 0.4) is 0 Å². The van der Waals surface area contributed by atoms with Gasteiger partial charge < -0.3 is 5.73 Å². The molecule has 1 aromatic rings. The Balaban J connectivity index is 2.19. The lowest BCUT2D eigenvalue weighted by atomic mass is 9.81. The van der Waals surface area contributed by atoms with Gasteiger partial charge in [-0.1, -0.05) is 6.42 Å². The van der Waals surface area contributed by atoms with Crippen molar-refractivity contribution in [2.75, 3.05) is 0 Å².